The minimum Gasteiger partial charge on any atom is -0.306 e. The first-order valence-electron chi connectivity index (χ1n) is 9.35. The fourth-order valence-electron chi connectivity index (χ4n) is 3.74. The van der Waals surface area contributed by atoms with Gasteiger partial charge in [0.05, 0.1) is 5.69 Å². The lowest BCUT2D eigenvalue weighted by Crippen LogP contribution is -2.34. The molecule has 2 aromatic heterocycles. The number of aromatic amines is 1. The van der Waals surface area contributed by atoms with Crippen LogP contribution >= 0.6 is 38.9 Å². The normalized spacial score (nSPS) is 14.3. The number of aromatic nitrogens is 2. The van der Waals surface area contributed by atoms with Crippen LogP contribution in [-0.4, -0.2) is 21.4 Å². The lowest BCUT2D eigenvalue weighted by Gasteiger charge is -2.27. The van der Waals surface area contributed by atoms with Gasteiger partial charge in [-0.15, -0.1) is 11.3 Å². The fourth-order valence-corrected chi connectivity index (χ4v) is 5.85. The third-order valence-electron chi connectivity index (χ3n) is 5.24. The highest BCUT2D eigenvalue weighted by atomic mass is 79.9. The molecule has 1 N–H and O–H groups in total. The third kappa shape index (κ3) is 3.66. The van der Waals surface area contributed by atoms with E-state index in [1.807, 2.05) is 35.6 Å². The highest BCUT2D eigenvalue weighted by Gasteiger charge is 2.23. The lowest BCUT2D eigenvalue weighted by molar-refractivity contribution is 0.242. The van der Waals surface area contributed by atoms with Crippen molar-refractivity contribution in [2.75, 3.05) is 6.54 Å². The number of rotatable bonds is 3. The first-order chi connectivity index (χ1) is 14.1. The predicted molar refractivity (Wildman–Crippen MR) is 123 cm³/mol. The van der Waals surface area contributed by atoms with Gasteiger partial charge < -0.3 is 4.98 Å². The summed E-state index contributed by atoms with van der Waals surface area (Å²) in [4.78, 5) is 24.0. The summed E-state index contributed by atoms with van der Waals surface area (Å²) in [7, 11) is 0. The van der Waals surface area contributed by atoms with E-state index in [0.717, 1.165) is 29.9 Å². The van der Waals surface area contributed by atoms with E-state index in [9.17, 15) is 4.79 Å². The molecule has 0 saturated carbocycles. The molecule has 29 heavy (non-hydrogen) atoms. The van der Waals surface area contributed by atoms with Crippen LogP contribution in [0.15, 0.2) is 57.8 Å². The highest BCUT2D eigenvalue weighted by molar-refractivity contribution is 9.10. The molecule has 0 saturated heterocycles. The molecule has 0 radical (unpaired) electrons. The molecule has 1 aliphatic heterocycles. The molecule has 2 aromatic carbocycles. The van der Waals surface area contributed by atoms with Crippen molar-refractivity contribution in [2.45, 2.75) is 19.5 Å². The van der Waals surface area contributed by atoms with E-state index < -0.39 is 0 Å². The van der Waals surface area contributed by atoms with E-state index in [2.05, 4.69) is 50.1 Å². The number of fused-ring (bicyclic) bond motifs is 2. The van der Waals surface area contributed by atoms with Crippen LogP contribution in [0.4, 0.5) is 0 Å². The smallest absolute Gasteiger partial charge is 0.254 e. The van der Waals surface area contributed by atoms with E-state index in [4.69, 9.17) is 16.6 Å². The topological polar surface area (TPSA) is 49.0 Å². The van der Waals surface area contributed by atoms with Crippen molar-refractivity contribution in [3.63, 3.8) is 0 Å². The summed E-state index contributed by atoms with van der Waals surface area (Å²) in [6.45, 7) is 2.35. The zero-order valence-corrected chi connectivity index (χ0v) is 18.6. The van der Waals surface area contributed by atoms with E-state index in [-0.39, 0.29) is 5.56 Å². The van der Waals surface area contributed by atoms with Gasteiger partial charge in [0, 0.05) is 55.2 Å². The molecular formula is C22H17BrClN3OS. The Morgan fingerprint density at radius 3 is 2.76 bits per heavy atom. The number of hydrogen-bond donors (Lipinski definition) is 1. The number of hydrogen-bond acceptors (Lipinski definition) is 4. The molecule has 5 rings (SSSR count). The van der Waals surface area contributed by atoms with Gasteiger partial charge in [-0.1, -0.05) is 29.8 Å². The Bertz CT molecular complexity index is 1270. The zero-order valence-electron chi connectivity index (χ0n) is 15.4. The summed E-state index contributed by atoms with van der Waals surface area (Å²) in [6.07, 6.45) is 0.709. The van der Waals surface area contributed by atoms with Gasteiger partial charge in [-0.2, -0.15) is 0 Å². The summed E-state index contributed by atoms with van der Waals surface area (Å²) in [5.41, 5.74) is 2.48. The van der Waals surface area contributed by atoms with E-state index in [1.54, 1.807) is 0 Å². The average Bonchev–Trinajstić information content (AvgIpc) is 3.04. The van der Waals surface area contributed by atoms with Crippen molar-refractivity contribution in [2.24, 2.45) is 0 Å². The van der Waals surface area contributed by atoms with Crippen LogP contribution in [0, 0.1) is 0 Å². The highest BCUT2D eigenvalue weighted by Crippen LogP contribution is 2.36. The SMILES string of the molecule is O=c1[nH]c(-c2ccc(Cl)cc2)nc2c1CCN(Cc1sc3ccccc3c1Br)C2. The average molecular weight is 487 g/mol. The largest absolute Gasteiger partial charge is 0.306 e. The van der Waals surface area contributed by atoms with Crippen molar-refractivity contribution in [1.29, 1.82) is 0 Å². The molecule has 0 spiro atoms. The lowest BCUT2D eigenvalue weighted by atomic mass is 10.1. The standard InChI is InChI=1S/C22H17BrClN3OS/c23-20-16-3-1-2-4-18(16)29-19(20)12-27-10-9-15-17(11-27)25-21(26-22(15)28)13-5-7-14(24)8-6-13/h1-8H,9-12H2,(H,25,26,28). The monoisotopic (exact) mass is 485 g/mol. The Morgan fingerprint density at radius 1 is 1.17 bits per heavy atom. The molecule has 1 aliphatic rings. The molecule has 146 valence electrons. The maximum absolute atomic E-state index is 12.6. The second-order valence-electron chi connectivity index (χ2n) is 7.14. The molecule has 0 aliphatic carbocycles. The van der Waals surface area contributed by atoms with Gasteiger partial charge in [0.25, 0.3) is 5.56 Å². The molecule has 0 amide bonds. The second-order valence-corrected chi connectivity index (χ2v) is 9.51. The Balaban J connectivity index is 1.44. The predicted octanol–water partition coefficient (Wildman–Crippen LogP) is 5.63. The van der Waals surface area contributed by atoms with Crippen LogP contribution < -0.4 is 5.56 Å². The summed E-state index contributed by atoms with van der Waals surface area (Å²) in [6, 6.07) is 15.8. The van der Waals surface area contributed by atoms with Crippen LogP contribution in [0.3, 0.4) is 0 Å². The quantitative estimate of drug-likeness (QED) is 0.408. The molecule has 0 atom stereocenters. The van der Waals surface area contributed by atoms with Crippen molar-refractivity contribution in [3.05, 3.63) is 84.5 Å². The maximum atomic E-state index is 12.6. The minimum absolute atomic E-state index is 0.0392. The van der Waals surface area contributed by atoms with Crippen molar-refractivity contribution < 1.29 is 0 Å². The Hall–Kier alpha value is -1.99. The van der Waals surface area contributed by atoms with Crippen molar-refractivity contribution >= 4 is 49.0 Å². The van der Waals surface area contributed by atoms with Crippen LogP contribution in [0.1, 0.15) is 16.1 Å². The molecule has 4 aromatic rings. The number of nitrogens with zero attached hydrogens (tertiary/aromatic N) is 2. The van der Waals surface area contributed by atoms with Crippen molar-refractivity contribution in [1.82, 2.24) is 14.9 Å². The van der Waals surface area contributed by atoms with Gasteiger partial charge in [0.1, 0.15) is 5.82 Å². The van der Waals surface area contributed by atoms with Crippen molar-refractivity contribution in [3.8, 4) is 11.4 Å². The summed E-state index contributed by atoms with van der Waals surface area (Å²) in [5, 5.41) is 1.92. The maximum Gasteiger partial charge on any atom is 0.254 e. The van der Waals surface area contributed by atoms with Gasteiger partial charge >= 0.3 is 0 Å². The molecule has 0 fully saturated rings. The van der Waals surface area contributed by atoms with Crippen LogP contribution in [0.5, 0.6) is 0 Å². The molecule has 0 bridgehead atoms. The number of thiophene rings is 1. The molecule has 4 nitrogen and oxygen atoms in total. The summed E-state index contributed by atoms with van der Waals surface area (Å²) < 4.78 is 2.45. The number of benzene rings is 2. The van der Waals surface area contributed by atoms with Crippen LogP contribution in [0.25, 0.3) is 21.5 Å². The Labute approximate surface area is 185 Å². The Kier molecular flexibility index (Phi) is 5.04. The molecule has 0 unspecified atom stereocenters. The number of H-pyrrole nitrogens is 1. The molecule has 7 heteroatoms. The zero-order chi connectivity index (χ0) is 20.0. The third-order valence-corrected chi connectivity index (χ3v) is 7.81. The van der Waals surface area contributed by atoms with Crippen LogP contribution in [0.2, 0.25) is 5.02 Å². The van der Waals surface area contributed by atoms with Gasteiger partial charge in [-0.25, -0.2) is 4.98 Å². The summed E-state index contributed by atoms with van der Waals surface area (Å²) >= 11 is 11.6. The Morgan fingerprint density at radius 2 is 1.97 bits per heavy atom. The van der Waals surface area contributed by atoms with Gasteiger partial charge in [-0.3, -0.25) is 9.69 Å². The number of nitrogens with one attached hydrogen (secondary N) is 1. The number of halogens is 2. The first-order valence-corrected chi connectivity index (χ1v) is 11.3. The molecular weight excluding hydrogens is 470 g/mol. The van der Waals surface area contributed by atoms with E-state index >= 15 is 0 Å². The van der Waals surface area contributed by atoms with Gasteiger partial charge in [-0.05, 0) is 52.7 Å². The van der Waals surface area contributed by atoms with Gasteiger partial charge in [0.2, 0.25) is 0 Å². The minimum atomic E-state index is -0.0392. The van der Waals surface area contributed by atoms with Crippen LogP contribution in [-0.2, 0) is 19.5 Å². The van der Waals surface area contributed by atoms with E-state index in [1.165, 1.54) is 19.4 Å². The second kappa shape index (κ2) is 7.69. The first kappa shape index (κ1) is 19.0. The fraction of sp³-hybridized carbons (Fsp3) is 0.182. The summed E-state index contributed by atoms with van der Waals surface area (Å²) in [5.74, 6) is 0.593. The van der Waals surface area contributed by atoms with E-state index in [0.29, 0.717) is 23.8 Å². The van der Waals surface area contributed by atoms with Gasteiger partial charge in [0.15, 0.2) is 0 Å². The molecule has 3 heterocycles.